The van der Waals surface area contributed by atoms with Crippen LogP contribution in [0.25, 0.3) is 22.4 Å². The van der Waals surface area contributed by atoms with Crippen molar-refractivity contribution in [2.45, 2.75) is 24.1 Å². The first kappa shape index (κ1) is 25.3. The number of rotatable bonds is 8. The van der Waals surface area contributed by atoms with Crippen molar-refractivity contribution in [3.05, 3.63) is 95.5 Å². The summed E-state index contributed by atoms with van der Waals surface area (Å²) in [5.74, 6) is 0.569. The molecule has 0 fully saturated rings. The van der Waals surface area contributed by atoms with E-state index in [0.29, 0.717) is 33.6 Å². The van der Waals surface area contributed by atoms with Gasteiger partial charge in [-0.2, -0.15) is 5.26 Å². The van der Waals surface area contributed by atoms with E-state index in [4.69, 9.17) is 21.3 Å². The molecule has 1 aromatic heterocycles. The van der Waals surface area contributed by atoms with Gasteiger partial charge in [0.2, 0.25) is 5.91 Å². The summed E-state index contributed by atoms with van der Waals surface area (Å²) in [6, 6.07) is 28.6. The molecule has 0 spiro atoms. The van der Waals surface area contributed by atoms with Gasteiger partial charge in [-0.1, -0.05) is 59.8 Å². The van der Waals surface area contributed by atoms with Gasteiger partial charge >= 0.3 is 0 Å². The Bertz CT molecular complexity index is 1400. The molecule has 0 aliphatic carbocycles. The van der Waals surface area contributed by atoms with E-state index in [1.165, 1.54) is 11.8 Å². The molecular formula is C29H24ClN3O2S. The van der Waals surface area contributed by atoms with Crippen molar-refractivity contribution in [1.82, 2.24) is 4.98 Å². The predicted octanol–water partition coefficient (Wildman–Crippen LogP) is 7.46. The Morgan fingerprint density at radius 3 is 2.47 bits per heavy atom. The SMILES string of the molecule is CCOc1ccc(-c2cc(-c3ccccc3)c(C#N)c(S[C@@H](C)C(=O)Nc3cccc(Cl)c3)n2)cc1. The molecule has 0 saturated heterocycles. The highest BCUT2D eigenvalue weighted by Gasteiger charge is 2.21. The quantitative estimate of drug-likeness (QED) is 0.247. The van der Waals surface area contributed by atoms with E-state index in [0.717, 1.165) is 22.4 Å². The number of nitriles is 1. The van der Waals surface area contributed by atoms with E-state index in [2.05, 4.69) is 11.4 Å². The summed E-state index contributed by atoms with van der Waals surface area (Å²) in [5.41, 5.74) is 4.31. The lowest BCUT2D eigenvalue weighted by Gasteiger charge is -2.16. The number of carbonyl (C=O) groups excluding carboxylic acids is 1. The van der Waals surface area contributed by atoms with Crippen LogP contribution in [0, 0.1) is 11.3 Å². The highest BCUT2D eigenvalue weighted by molar-refractivity contribution is 8.00. The summed E-state index contributed by atoms with van der Waals surface area (Å²) in [4.78, 5) is 17.8. The van der Waals surface area contributed by atoms with Crippen LogP contribution in [0.2, 0.25) is 5.02 Å². The lowest BCUT2D eigenvalue weighted by atomic mass is 9.99. The third-order valence-corrected chi connectivity index (χ3v) is 6.72. The van der Waals surface area contributed by atoms with Crippen LogP contribution in [0.15, 0.2) is 90.0 Å². The van der Waals surface area contributed by atoms with Gasteiger partial charge in [0.05, 0.1) is 23.1 Å². The maximum absolute atomic E-state index is 12.9. The highest BCUT2D eigenvalue weighted by Crippen LogP contribution is 2.36. The largest absolute Gasteiger partial charge is 0.494 e. The van der Waals surface area contributed by atoms with Gasteiger partial charge in [0, 0.05) is 21.8 Å². The normalized spacial score (nSPS) is 11.4. The van der Waals surface area contributed by atoms with E-state index in [-0.39, 0.29) is 5.91 Å². The first-order valence-corrected chi connectivity index (χ1v) is 12.7. The van der Waals surface area contributed by atoms with Crippen LogP contribution >= 0.6 is 23.4 Å². The minimum absolute atomic E-state index is 0.208. The van der Waals surface area contributed by atoms with Crippen LogP contribution in [0.4, 0.5) is 5.69 Å². The standard InChI is InChI=1S/C29H24ClN3O2S/c1-3-35-24-14-12-21(13-15-24)27-17-25(20-8-5-4-6-9-20)26(18-31)29(33-27)36-19(2)28(34)32-23-11-7-10-22(30)16-23/h4-17,19H,3H2,1-2H3,(H,32,34)/t19-/m0/s1. The second-order valence-electron chi connectivity index (χ2n) is 7.93. The minimum atomic E-state index is -0.511. The molecule has 180 valence electrons. The van der Waals surface area contributed by atoms with Crippen LogP contribution in [-0.4, -0.2) is 22.7 Å². The van der Waals surface area contributed by atoms with Crippen LogP contribution < -0.4 is 10.1 Å². The maximum Gasteiger partial charge on any atom is 0.237 e. The van der Waals surface area contributed by atoms with Crippen molar-refractivity contribution < 1.29 is 9.53 Å². The van der Waals surface area contributed by atoms with Gasteiger partial charge in [-0.05, 0) is 67.9 Å². The zero-order valence-corrected chi connectivity index (χ0v) is 21.4. The second-order valence-corrected chi connectivity index (χ2v) is 9.70. The van der Waals surface area contributed by atoms with E-state index in [9.17, 15) is 10.1 Å². The summed E-state index contributed by atoms with van der Waals surface area (Å²) in [7, 11) is 0. The Kier molecular flexibility index (Phi) is 8.27. The van der Waals surface area contributed by atoms with Gasteiger partial charge in [-0.15, -0.1) is 0 Å². The van der Waals surface area contributed by atoms with Crippen molar-refractivity contribution in [2.75, 3.05) is 11.9 Å². The molecule has 0 bridgehead atoms. The van der Waals surface area contributed by atoms with Crippen molar-refractivity contribution in [3.63, 3.8) is 0 Å². The molecule has 1 atom stereocenters. The molecule has 1 heterocycles. The number of nitrogens with zero attached hydrogens (tertiary/aromatic N) is 2. The average Bonchev–Trinajstić information content (AvgIpc) is 2.89. The van der Waals surface area contributed by atoms with Gasteiger partial charge < -0.3 is 10.1 Å². The molecule has 0 radical (unpaired) electrons. The van der Waals surface area contributed by atoms with Crippen LogP contribution in [-0.2, 0) is 4.79 Å². The maximum atomic E-state index is 12.9. The summed E-state index contributed by atoms with van der Waals surface area (Å²) in [6.07, 6.45) is 0. The smallest absolute Gasteiger partial charge is 0.237 e. The van der Waals surface area contributed by atoms with E-state index >= 15 is 0 Å². The van der Waals surface area contributed by atoms with E-state index < -0.39 is 5.25 Å². The van der Waals surface area contributed by atoms with Gasteiger partial charge in [0.15, 0.2) is 0 Å². The van der Waals surface area contributed by atoms with Gasteiger partial charge in [0.25, 0.3) is 0 Å². The molecule has 1 N–H and O–H groups in total. The molecular weight excluding hydrogens is 490 g/mol. The Hall–Kier alpha value is -3.79. The number of hydrogen-bond donors (Lipinski definition) is 1. The first-order valence-electron chi connectivity index (χ1n) is 11.5. The lowest BCUT2D eigenvalue weighted by molar-refractivity contribution is -0.115. The first-order chi connectivity index (χ1) is 17.5. The molecule has 1 amide bonds. The molecule has 0 aliphatic heterocycles. The third-order valence-electron chi connectivity index (χ3n) is 5.39. The van der Waals surface area contributed by atoms with E-state index in [1.54, 1.807) is 31.2 Å². The Balaban J connectivity index is 1.71. The van der Waals surface area contributed by atoms with Crippen LogP contribution in [0.3, 0.4) is 0 Å². The number of ether oxygens (including phenoxy) is 1. The number of carbonyl (C=O) groups is 1. The summed E-state index contributed by atoms with van der Waals surface area (Å²) in [5, 5.41) is 13.5. The number of anilines is 1. The van der Waals surface area contributed by atoms with Crippen molar-refractivity contribution in [1.29, 1.82) is 5.26 Å². The Morgan fingerprint density at radius 1 is 1.06 bits per heavy atom. The lowest BCUT2D eigenvalue weighted by Crippen LogP contribution is -2.22. The average molecular weight is 514 g/mol. The number of hydrogen-bond acceptors (Lipinski definition) is 5. The van der Waals surface area contributed by atoms with Crippen molar-refractivity contribution >= 4 is 35.0 Å². The fourth-order valence-electron chi connectivity index (χ4n) is 3.63. The number of halogens is 1. The highest BCUT2D eigenvalue weighted by atomic mass is 35.5. The Labute approximate surface area is 220 Å². The molecule has 36 heavy (non-hydrogen) atoms. The fourth-order valence-corrected chi connectivity index (χ4v) is 4.74. The van der Waals surface area contributed by atoms with E-state index in [1.807, 2.05) is 67.6 Å². The predicted molar refractivity (Wildman–Crippen MR) is 146 cm³/mol. The summed E-state index contributed by atoms with van der Waals surface area (Å²) < 4.78 is 5.56. The molecule has 7 heteroatoms. The minimum Gasteiger partial charge on any atom is -0.494 e. The monoisotopic (exact) mass is 513 g/mol. The molecule has 5 nitrogen and oxygen atoms in total. The Morgan fingerprint density at radius 2 is 1.81 bits per heavy atom. The molecule has 4 rings (SSSR count). The van der Waals surface area contributed by atoms with Crippen LogP contribution in [0.5, 0.6) is 5.75 Å². The summed E-state index contributed by atoms with van der Waals surface area (Å²) >= 11 is 7.30. The number of thioether (sulfide) groups is 1. The molecule has 0 saturated carbocycles. The molecule has 4 aromatic rings. The van der Waals surface area contributed by atoms with Gasteiger partial charge in [-0.25, -0.2) is 4.98 Å². The zero-order chi connectivity index (χ0) is 25.5. The number of pyridine rings is 1. The number of nitrogens with one attached hydrogen (secondary N) is 1. The molecule has 3 aromatic carbocycles. The fraction of sp³-hybridized carbons (Fsp3) is 0.138. The summed E-state index contributed by atoms with van der Waals surface area (Å²) in [6.45, 7) is 4.32. The van der Waals surface area contributed by atoms with Crippen molar-refractivity contribution in [3.8, 4) is 34.2 Å². The van der Waals surface area contributed by atoms with Crippen LogP contribution in [0.1, 0.15) is 19.4 Å². The number of amides is 1. The van der Waals surface area contributed by atoms with Gasteiger partial charge in [0.1, 0.15) is 16.8 Å². The second kappa shape index (κ2) is 11.8. The van der Waals surface area contributed by atoms with Crippen molar-refractivity contribution in [2.24, 2.45) is 0 Å². The molecule has 0 unspecified atom stereocenters. The van der Waals surface area contributed by atoms with Gasteiger partial charge in [-0.3, -0.25) is 4.79 Å². The topological polar surface area (TPSA) is 75.0 Å². The number of aromatic nitrogens is 1. The zero-order valence-electron chi connectivity index (χ0n) is 19.9. The third kappa shape index (κ3) is 6.06. The molecule has 0 aliphatic rings. The number of benzene rings is 3.